The minimum absolute atomic E-state index is 0.0752. The fourth-order valence-corrected chi connectivity index (χ4v) is 2.75. The summed E-state index contributed by atoms with van der Waals surface area (Å²) in [5.74, 6) is 0.0746. The predicted octanol–water partition coefficient (Wildman–Crippen LogP) is 2.90. The smallest absolute Gasteiger partial charge is 0.337 e. The van der Waals surface area contributed by atoms with Crippen LogP contribution in [0.2, 0.25) is 0 Å². The number of hydrogen-bond donors (Lipinski definition) is 1. The molecule has 0 heterocycles. The molecule has 2 aromatic carbocycles. The molecule has 0 saturated heterocycles. The minimum atomic E-state index is -0.433. The van der Waals surface area contributed by atoms with Crippen LogP contribution in [0.15, 0.2) is 48.5 Å². The van der Waals surface area contributed by atoms with E-state index < -0.39 is 5.97 Å². The first-order valence-electron chi connectivity index (χ1n) is 9.29. The molecule has 0 saturated carbocycles. The summed E-state index contributed by atoms with van der Waals surface area (Å²) in [6, 6.07) is 14.1. The molecule has 0 atom stereocenters. The minimum Gasteiger partial charge on any atom is -0.497 e. The zero-order chi connectivity index (χ0) is 21.2. The largest absolute Gasteiger partial charge is 0.497 e. The quantitative estimate of drug-likeness (QED) is 0.657. The summed E-state index contributed by atoms with van der Waals surface area (Å²) in [4.78, 5) is 37.2. The van der Waals surface area contributed by atoms with Crippen molar-refractivity contribution in [3.8, 4) is 5.75 Å². The number of rotatable bonds is 9. The number of esters is 1. The van der Waals surface area contributed by atoms with Crippen LogP contribution in [-0.4, -0.2) is 50.0 Å². The first-order valence-corrected chi connectivity index (χ1v) is 9.29. The van der Waals surface area contributed by atoms with Gasteiger partial charge in [-0.2, -0.15) is 0 Å². The molecule has 0 unspecified atom stereocenters. The summed E-state index contributed by atoms with van der Waals surface area (Å²) >= 11 is 0. The van der Waals surface area contributed by atoms with Crippen LogP contribution in [-0.2, 0) is 20.7 Å². The van der Waals surface area contributed by atoms with Gasteiger partial charge in [-0.15, -0.1) is 0 Å². The standard InChI is InChI=1S/C22H26N2O5/c1-16(25)24(14-12-17-4-10-20(28-2)11-5-17)15-13-21(26)23-19-8-6-18(7-9-19)22(27)29-3/h4-11H,12-15H2,1-3H3,(H,23,26). The van der Waals surface area contributed by atoms with E-state index in [1.807, 2.05) is 24.3 Å². The van der Waals surface area contributed by atoms with Crippen LogP contribution in [0.25, 0.3) is 0 Å². The highest BCUT2D eigenvalue weighted by molar-refractivity contribution is 5.93. The van der Waals surface area contributed by atoms with Crippen LogP contribution in [0.1, 0.15) is 29.3 Å². The van der Waals surface area contributed by atoms with Gasteiger partial charge in [0.1, 0.15) is 5.75 Å². The third kappa shape index (κ3) is 6.95. The highest BCUT2D eigenvalue weighted by atomic mass is 16.5. The summed E-state index contributed by atoms with van der Waals surface area (Å²) in [5, 5.41) is 2.76. The van der Waals surface area contributed by atoms with E-state index in [4.69, 9.17) is 4.74 Å². The number of nitrogens with zero attached hydrogens (tertiary/aromatic N) is 1. The van der Waals surface area contributed by atoms with Gasteiger partial charge in [-0.1, -0.05) is 12.1 Å². The second-order valence-corrected chi connectivity index (χ2v) is 6.47. The fraction of sp³-hybridized carbons (Fsp3) is 0.318. The van der Waals surface area contributed by atoms with Gasteiger partial charge < -0.3 is 19.7 Å². The van der Waals surface area contributed by atoms with Crippen molar-refractivity contribution in [2.75, 3.05) is 32.6 Å². The number of hydrogen-bond acceptors (Lipinski definition) is 5. The zero-order valence-corrected chi connectivity index (χ0v) is 16.9. The molecule has 0 fully saturated rings. The Morgan fingerprint density at radius 3 is 2.14 bits per heavy atom. The van der Waals surface area contributed by atoms with Gasteiger partial charge in [-0.3, -0.25) is 9.59 Å². The molecule has 7 nitrogen and oxygen atoms in total. The lowest BCUT2D eigenvalue weighted by Gasteiger charge is -2.21. The summed E-state index contributed by atoms with van der Waals surface area (Å²) in [6.07, 6.45) is 0.876. The van der Waals surface area contributed by atoms with Gasteiger partial charge in [0.2, 0.25) is 11.8 Å². The molecule has 0 aliphatic carbocycles. The Morgan fingerprint density at radius 1 is 0.931 bits per heavy atom. The monoisotopic (exact) mass is 398 g/mol. The van der Waals surface area contributed by atoms with Crippen LogP contribution in [0, 0.1) is 0 Å². The molecule has 0 aliphatic heterocycles. The molecule has 7 heteroatoms. The molecular weight excluding hydrogens is 372 g/mol. The van der Waals surface area contributed by atoms with Crippen LogP contribution < -0.4 is 10.1 Å². The van der Waals surface area contributed by atoms with E-state index >= 15 is 0 Å². The van der Waals surface area contributed by atoms with Crippen molar-refractivity contribution >= 4 is 23.5 Å². The third-order valence-electron chi connectivity index (χ3n) is 4.47. The molecule has 0 spiro atoms. The second-order valence-electron chi connectivity index (χ2n) is 6.47. The van der Waals surface area contributed by atoms with E-state index in [0.717, 1.165) is 11.3 Å². The fourth-order valence-electron chi connectivity index (χ4n) is 2.75. The van der Waals surface area contributed by atoms with Crippen molar-refractivity contribution in [2.24, 2.45) is 0 Å². The van der Waals surface area contributed by atoms with Gasteiger partial charge in [-0.05, 0) is 48.4 Å². The average molecular weight is 398 g/mol. The SMILES string of the molecule is COC(=O)c1ccc(NC(=O)CCN(CCc2ccc(OC)cc2)C(C)=O)cc1. The van der Waals surface area contributed by atoms with Crippen molar-refractivity contribution in [1.29, 1.82) is 0 Å². The molecule has 154 valence electrons. The lowest BCUT2D eigenvalue weighted by atomic mass is 10.1. The molecule has 1 N–H and O–H groups in total. The van der Waals surface area contributed by atoms with Crippen LogP contribution in [0.3, 0.4) is 0 Å². The summed E-state index contributed by atoms with van der Waals surface area (Å²) < 4.78 is 9.78. The maximum atomic E-state index is 12.2. The van der Waals surface area contributed by atoms with Crippen molar-refractivity contribution < 1.29 is 23.9 Å². The summed E-state index contributed by atoms with van der Waals surface area (Å²) in [6.45, 7) is 2.36. The van der Waals surface area contributed by atoms with E-state index in [1.54, 1.807) is 36.3 Å². The molecule has 2 amide bonds. The molecule has 0 radical (unpaired) electrons. The normalized spacial score (nSPS) is 10.2. The molecular formula is C22H26N2O5. The molecule has 29 heavy (non-hydrogen) atoms. The Morgan fingerprint density at radius 2 is 1.59 bits per heavy atom. The average Bonchev–Trinajstić information content (AvgIpc) is 2.73. The summed E-state index contributed by atoms with van der Waals surface area (Å²) in [7, 11) is 2.93. The summed E-state index contributed by atoms with van der Waals surface area (Å²) in [5.41, 5.74) is 2.08. The Hall–Kier alpha value is -3.35. The van der Waals surface area contributed by atoms with E-state index in [9.17, 15) is 14.4 Å². The number of nitrogens with one attached hydrogen (secondary N) is 1. The number of carbonyl (C=O) groups excluding carboxylic acids is 3. The van der Waals surface area contributed by atoms with Crippen molar-refractivity contribution in [2.45, 2.75) is 19.8 Å². The van der Waals surface area contributed by atoms with Gasteiger partial charge in [0, 0.05) is 32.1 Å². The Bertz CT molecular complexity index is 831. The van der Waals surface area contributed by atoms with E-state index in [2.05, 4.69) is 10.1 Å². The highest BCUT2D eigenvalue weighted by Crippen LogP contribution is 2.13. The molecule has 0 aliphatic rings. The maximum Gasteiger partial charge on any atom is 0.337 e. The van der Waals surface area contributed by atoms with Crippen LogP contribution in [0.4, 0.5) is 5.69 Å². The van der Waals surface area contributed by atoms with Crippen molar-refractivity contribution in [1.82, 2.24) is 4.90 Å². The molecule has 0 bridgehead atoms. The third-order valence-corrected chi connectivity index (χ3v) is 4.47. The van der Waals surface area contributed by atoms with Gasteiger partial charge in [-0.25, -0.2) is 4.79 Å². The number of anilines is 1. The number of carbonyl (C=O) groups is 3. The van der Waals surface area contributed by atoms with E-state index in [1.165, 1.54) is 14.0 Å². The van der Waals surface area contributed by atoms with Crippen molar-refractivity contribution in [3.63, 3.8) is 0 Å². The zero-order valence-electron chi connectivity index (χ0n) is 16.9. The Kier molecular flexibility index (Phi) is 8.21. The lowest BCUT2D eigenvalue weighted by Crippen LogP contribution is -2.33. The Labute approximate surface area is 170 Å². The molecule has 2 aromatic rings. The number of benzene rings is 2. The molecule has 2 rings (SSSR count). The Balaban J connectivity index is 1.83. The number of amides is 2. The van der Waals surface area contributed by atoms with Gasteiger partial charge in [0.15, 0.2) is 0 Å². The highest BCUT2D eigenvalue weighted by Gasteiger charge is 2.12. The molecule has 0 aromatic heterocycles. The van der Waals surface area contributed by atoms with Crippen LogP contribution >= 0.6 is 0 Å². The first kappa shape index (κ1) is 21.9. The number of ether oxygens (including phenoxy) is 2. The lowest BCUT2D eigenvalue weighted by molar-refractivity contribution is -0.129. The number of methoxy groups -OCH3 is 2. The predicted molar refractivity (Wildman–Crippen MR) is 110 cm³/mol. The maximum absolute atomic E-state index is 12.2. The van der Waals surface area contributed by atoms with Gasteiger partial charge in [0.25, 0.3) is 0 Å². The van der Waals surface area contributed by atoms with E-state index in [-0.39, 0.29) is 18.2 Å². The topological polar surface area (TPSA) is 84.9 Å². The second kappa shape index (κ2) is 10.8. The van der Waals surface area contributed by atoms with Gasteiger partial charge in [0.05, 0.1) is 19.8 Å². The van der Waals surface area contributed by atoms with Crippen LogP contribution in [0.5, 0.6) is 5.75 Å². The van der Waals surface area contributed by atoms with E-state index in [0.29, 0.717) is 30.8 Å². The first-order chi connectivity index (χ1) is 13.9. The van der Waals surface area contributed by atoms with Gasteiger partial charge >= 0.3 is 5.97 Å². The van der Waals surface area contributed by atoms with Crippen molar-refractivity contribution in [3.05, 3.63) is 59.7 Å².